The molecule has 1 aromatic rings. The van der Waals surface area contributed by atoms with Crippen molar-refractivity contribution in [3.63, 3.8) is 0 Å². The summed E-state index contributed by atoms with van der Waals surface area (Å²) >= 11 is 0. The van der Waals surface area contributed by atoms with Gasteiger partial charge in [-0.1, -0.05) is 18.2 Å². The molecule has 0 aromatic carbocycles. The Labute approximate surface area is 82.7 Å². The zero-order valence-electron chi connectivity index (χ0n) is 7.67. The van der Waals surface area contributed by atoms with Gasteiger partial charge in [-0.15, -0.1) is 0 Å². The van der Waals surface area contributed by atoms with Crippen LogP contribution in [0.25, 0.3) is 6.08 Å². The van der Waals surface area contributed by atoms with Crippen LogP contribution in [0, 0.1) is 0 Å². The lowest BCUT2D eigenvalue weighted by Gasteiger charge is -2.25. The van der Waals surface area contributed by atoms with Gasteiger partial charge in [-0.25, -0.2) is 0 Å². The fourth-order valence-electron chi connectivity index (χ4n) is 2.02. The van der Waals surface area contributed by atoms with Crippen LogP contribution in [0.5, 0.6) is 0 Å². The van der Waals surface area contributed by atoms with Crippen LogP contribution in [0.15, 0.2) is 41.6 Å². The highest BCUT2D eigenvalue weighted by molar-refractivity contribution is 5.74. The van der Waals surface area contributed by atoms with E-state index in [9.17, 15) is 0 Å². The molecule has 0 spiro atoms. The van der Waals surface area contributed by atoms with Gasteiger partial charge in [-0.2, -0.15) is 0 Å². The standard InChI is InChI=1S/C12H10N2/c1-3-9-10-4-2-8-14-12(10)6-5-11(9)13-7-1/h1-9,11H. The predicted molar refractivity (Wildman–Crippen MR) is 57.4 cm³/mol. The Hall–Kier alpha value is -1.70. The summed E-state index contributed by atoms with van der Waals surface area (Å²) in [5.74, 6) is 0.383. The van der Waals surface area contributed by atoms with Crippen molar-refractivity contribution in [1.29, 1.82) is 0 Å². The summed E-state index contributed by atoms with van der Waals surface area (Å²) in [5, 5.41) is 0. The van der Waals surface area contributed by atoms with Crippen LogP contribution >= 0.6 is 0 Å². The van der Waals surface area contributed by atoms with Crippen LogP contribution < -0.4 is 0 Å². The number of allylic oxidation sites excluding steroid dienone is 1. The van der Waals surface area contributed by atoms with Crippen molar-refractivity contribution in [3.05, 3.63) is 47.8 Å². The molecule has 2 nitrogen and oxygen atoms in total. The van der Waals surface area contributed by atoms with Crippen LogP contribution in [-0.4, -0.2) is 17.2 Å². The minimum absolute atomic E-state index is 0.275. The molecule has 0 fully saturated rings. The normalized spacial score (nSPS) is 27.1. The van der Waals surface area contributed by atoms with Gasteiger partial charge in [-0.05, 0) is 23.8 Å². The second-order valence-electron chi connectivity index (χ2n) is 3.54. The van der Waals surface area contributed by atoms with E-state index in [2.05, 4.69) is 34.3 Å². The molecule has 68 valence electrons. The first-order valence-electron chi connectivity index (χ1n) is 4.78. The summed E-state index contributed by atoms with van der Waals surface area (Å²) in [5.41, 5.74) is 2.36. The molecule has 3 rings (SSSR count). The average molecular weight is 182 g/mol. The van der Waals surface area contributed by atoms with E-state index in [-0.39, 0.29) is 6.04 Å². The Morgan fingerprint density at radius 3 is 3.21 bits per heavy atom. The SMILES string of the molecule is C1=CC2c3cccnc3C=CC2N=C1. The molecule has 1 aromatic heterocycles. The van der Waals surface area contributed by atoms with E-state index in [0.717, 1.165) is 5.69 Å². The molecule has 0 amide bonds. The topological polar surface area (TPSA) is 25.2 Å². The number of pyridine rings is 1. The zero-order valence-corrected chi connectivity index (χ0v) is 7.67. The van der Waals surface area contributed by atoms with Crippen molar-refractivity contribution < 1.29 is 0 Å². The number of aliphatic imine (C=N–C) groups is 1. The first-order chi connectivity index (χ1) is 6.95. The van der Waals surface area contributed by atoms with Gasteiger partial charge in [0.2, 0.25) is 0 Å². The smallest absolute Gasteiger partial charge is 0.0787 e. The summed E-state index contributed by atoms with van der Waals surface area (Å²) in [6, 6.07) is 4.40. The Bertz CT molecular complexity index is 443. The van der Waals surface area contributed by atoms with Crippen LogP contribution in [0.2, 0.25) is 0 Å². The molecule has 0 bridgehead atoms. The quantitative estimate of drug-likeness (QED) is 0.603. The lowest BCUT2D eigenvalue weighted by molar-refractivity contribution is 0.707. The Kier molecular flexibility index (Phi) is 1.60. The average Bonchev–Trinajstić information content (AvgIpc) is 2.29. The molecule has 2 heteroatoms. The van der Waals surface area contributed by atoms with Crippen molar-refractivity contribution in [3.8, 4) is 0 Å². The number of hydrogen-bond acceptors (Lipinski definition) is 2. The van der Waals surface area contributed by atoms with Gasteiger partial charge in [0.1, 0.15) is 0 Å². The van der Waals surface area contributed by atoms with E-state index in [0.29, 0.717) is 5.92 Å². The van der Waals surface area contributed by atoms with Crippen LogP contribution in [0.1, 0.15) is 17.2 Å². The molecular weight excluding hydrogens is 172 g/mol. The van der Waals surface area contributed by atoms with Gasteiger partial charge in [0.25, 0.3) is 0 Å². The van der Waals surface area contributed by atoms with E-state index in [1.165, 1.54) is 5.56 Å². The van der Waals surface area contributed by atoms with Crippen molar-refractivity contribution >= 4 is 12.3 Å². The number of rotatable bonds is 0. The van der Waals surface area contributed by atoms with E-state index >= 15 is 0 Å². The minimum Gasteiger partial charge on any atom is -0.285 e. The number of dihydropyridines is 1. The van der Waals surface area contributed by atoms with Gasteiger partial charge in [0.15, 0.2) is 0 Å². The second kappa shape index (κ2) is 2.91. The van der Waals surface area contributed by atoms with E-state index in [1.807, 2.05) is 24.6 Å². The third-order valence-electron chi connectivity index (χ3n) is 2.71. The van der Waals surface area contributed by atoms with E-state index < -0.39 is 0 Å². The predicted octanol–water partition coefficient (Wildman–Crippen LogP) is 2.20. The molecule has 2 aliphatic rings. The van der Waals surface area contributed by atoms with E-state index in [1.54, 1.807) is 0 Å². The van der Waals surface area contributed by atoms with Gasteiger partial charge >= 0.3 is 0 Å². The summed E-state index contributed by atoms with van der Waals surface area (Å²) in [6.45, 7) is 0. The maximum atomic E-state index is 4.42. The van der Waals surface area contributed by atoms with Crippen molar-refractivity contribution in [2.45, 2.75) is 12.0 Å². The van der Waals surface area contributed by atoms with Gasteiger partial charge in [-0.3, -0.25) is 9.98 Å². The van der Waals surface area contributed by atoms with Gasteiger partial charge in [0.05, 0.1) is 11.7 Å². The fourth-order valence-corrected chi connectivity index (χ4v) is 2.02. The molecule has 0 radical (unpaired) electrons. The molecule has 0 saturated heterocycles. The molecule has 1 aliphatic carbocycles. The lowest BCUT2D eigenvalue weighted by Crippen LogP contribution is -2.19. The molecule has 2 atom stereocenters. The number of nitrogens with zero attached hydrogens (tertiary/aromatic N) is 2. The monoisotopic (exact) mass is 182 g/mol. The first kappa shape index (κ1) is 7.68. The van der Waals surface area contributed by atoms with Crippen LogP contribution in [-0.2, 0) is 0 Å². The van der Waals surface area contributed by atoms with Crippen molar-refractivity contribution in [2.24, 2.45) is 4.99 Å². The first-order valence-corrected chi connectivity index (χ1v) is 4.78. The molecule has 0 N–H and O–H groups in total. The number of fused-ring (bicyclic) bond motifs is 3. The highest BCUT2D eigenvalue weighted by Crippen LogP contribution is 2.32. The summed E-state index contributed by atoms with van der Waals surface area (Å²) in [7, 11) is 0. The Morgan fingerprint density at radius 2 is 2.21 bits per heavy atom. The van der Waals surface area contributed by atoms with Crippen molar-refractivity contribution in [1.82, 2.24) is 4.98 Å². The maximum absolute atomic E-state index is 4.42. The number of hydrogen-bond donors (Lipinski definition) is 0. The highest BCUT2D eigenvalue weighted by atomic mass is 14.8. The maximum Gasteiger partial charge on any atom is 0.0787 e. The van der Waals surface area contributed by atoms with Gasteiger partial charge < -0.3 is 0 Å². The molecule has 0 saturated carbocycles. The Balaban J connectivity index is 2.15. The van der Waals surface area contributed by atoms with Crippen molar-refractivity contribution in [2.75, 3.05) is 0 Å². The molecule has 2 heterocycles. The minimum atomic E-state index is 0.275. The summed E-state index contributed by atoms with van der Waals surface area (Å²) < 4.78 is 0. The second-order valence-corrected chi connectivity index (χ2v) is 3.54. The third-order valence-corrected chi connectivity index (χ3v) is 2.71. The molecule has 2 unspecified atom stereocenters. The Morgan fingerprint density at radius 1 is 1.21 bits per heavy atom. The molecule has 1 aliphatic heterocycles. The van der Waals surface area contributed by atoms with E-state index in [4.69, 9.17) is 0 Å². The van der Waals surface area contributed by atoms with Crippen LogP contribution in [0.3, 0.4) is 0 Å². The summed E-state index contributed by atoms with van der Waals surface area (Å²) in [6.07, 6.45) is 12.1. The number of aromatic nitrogens is 1. The third kappa shape index (κ3) is 1.04. The fraction of sp³-hybridized carbons (Fsp3) is 0.167. The van der Waals surface area contributed by atoms with Crippen LogP contribution in [0.4, 0.5) is 0 Å². The molecule has 14 heavy (non-hydrogen) atoms. The lowest BCUT2D eigenvalue weighted by atomic mass is 9.85. The van der Waals surface area contributed by atoms with Gasteiger partial charge in [0, 0.05) is 18.3 Å². The largest absolute Gasteiger partial charge is 0.285 e. The highest BCUT2D eigenvalue weighted by Gasteiger charge is 2.24. The summed E-state index contributed by atoms with van der Waals surface area (Å²) in [4.78, 5) is 8.76. The molecular formula is C12H10N2. The zero-order chi connectivity index (χ0) is 9.38.